The van der Waals surface area contributed by atoms with Crippen LogP contribution < -0.4 is 43.2 Å². The van der Waals surface area contributed by atoms with Crippen molar-refractivity contribution in [2.45, 2.75) is 26.7 Å². The number of nitrogens with zero attached hydrogens (tertiary/aromatic N) is 2. The van der Waals surface area contributed by atoms with E-state index in [1.54, 1.807) is 19.1 Å². The van der Waals surface area contributed by atoms with E-state index >= 15 is 0 Å². The van der Waals surface area contributed by atoms with Crippen molar-refractivity contribution in [3.05, 3.63) is 129 Å². The summed E-state index contributed by atoms with van der Waals surface area (Å²) in [6, 6.07) is 16.0. The predicted octanol–water partition coefficient (Wildman–Crippen LogP) is 4.53. The summed E-state index contributed by atoms with van der Waals surface area (Å²) >= 11 is 0. The number of rotatable bonds is 9. The second-order valence-electron chi connectivity index (χ2n) is 9.49. The van der Waals surface area contributed by atoms with Gasteiger partial charge < -0.3 is 16.1 Å². The molecule has 204 valence electrons. The highest BCUT2D eigenvalue weighted by atomic mass is 16.1. The summed E-state index contributed by atoms with van der Waals surface area (Å²) in [5.74, 6) is 0.865. The Bertz CT molecular complexity index is 2100. The Labute approximate surface area is 233 Å². The van der Waals surface area contributed by atoms with Crippen LogP contribution in [0.3, 0.4) is 0 Å². The fourth-order valence-electron chi connectivity index (χ4n) is 4.74. The molecule has 3 aromatic rings. The number of nitrogens with one attached hydrogen (secondary N) is 4. The fourth-order valence-corrected chi connectivity index (χ4v) is 4.74. The molecule has 41 heavy (non-hydrogen) atoms. The van der Waals surface area contributed by atoms with Crippen molar-refractivity contribution >= 4 is 45.2 Å². The maximum Gasteiger partial charge on any atom is 0.233 e. The van der Waals surface area contributed by atoms with Crippen LogP contribution >= 0.6 is 0 Å². The number of para-hydroxylation sites is 1. The zero-order valence-electron chi connectivity index (χ0n) is 22.4. The number of anilines is 5. The van der Waals surface area contributed by atoms with E-state index in [1.165, 1.54) is 6.07 Å². The highest BCUT2D eigenvalue weighted by Crippen LogP contribution is 2.39. The van der Waals surface area contributed by atoms with Gasteiger partial charge in [-0.25, -0.2) is 9.83 Å². The molecule has 0 saturated carbocycles. The van der Waals surface area contributed by atoms with E-state index in [0.29, 0.717) is 35.1 Å². The summed E-state index contributed by atoms with van der Waals surface area (Å²) in [5, 5.41) is 5.73. The molecule has 0 atom stereocenters. The molecule has 4 N–H and O–H groups in total. The third kappa shape index (κ3) is 4.96. The summed E-state index contributed by atoms with van der Waals surface area (Å²) in [6.07, 6.45) is 1.85. The summed E-state index contributed by atoms with van der Waals surface area (Å²) in [4.78, 5) is 60.0. The van der Waals surface area contributed by atoms with Crippen LogP contribution in [0.15, 0.2) is 79.8 Å². The quantitative estimate of drug-likeness (QED) is 0.120. The first kappa shape index (κ1) is 27.0. The van der Waals surface area contributed by atoms with Crippen molar-refractivity contribution in [3.63, 3.8) is 0 Å². The van der Waals surface area contributed by atoms with Crippen molar-refractivity contribution in [2.24, 2.45) is 0 Å². The lowest BCUT2D eigenvalue weighted by Gasteiger charge is -2.20. The number of hydrogen-bond acceptors (Lipinski definition) is 9. The lowest BCUT2D eigenvalue weighted by atomic mass is 10.0. The van der Waals surface area contributed by atoms with Crippen LogP contribution in [-0.4, -0.2) is 11.5 Å². The van der Waals surface area contributed by atoms with Gasteiger partial charge in [0, 0.05) is 17.6 Å². The zero-order valence-corrected chi connectivity index (χ0v) is 22.4. The average molecular weight is 547 g/mol. The van der Waals surface area contributed by atoms with E-state index in [0.717, 1.165) is 30.7 Å². The molecule has 0 amide bonds. The smallest absolute Gasteiger partial charge is 0.233 e. The average Bonchev–Trinajstić information content (AvgIpc) is 2.97. The molecule has 2 aliphatic rings. The van der Waals surface area contributed by atoms with E-state index in [4.69, 9.17) is 11.6 Å². The minimum Gasteiger partial charge on any atom is -0.368 e. The van der Waals surface area contributed by atoms with Crippen LogP contribution in [0.2, 0.25) is 0 Å². The standard InChI is InChI=1S/C31H26N6O4/c1-4-5-16-33-30-27(17(2)26(32-3)31(35-30)34-18-10-7-6-8-11-18)37-36-20-13-9-12-19-23(20)29(41)25-22(39)15-14-21(38)24(25)28(19)40/h6-15,36-37H,4-5,16H2,1-2H3,(H2,33,34,35). The summed E-state index contributed by atoms with van der Waals surface area (Å²) < 4.78 is 0. The molecular formula is C31H26N6O4. The summed E-state index contributed by atoms with van der Waals surface area (Å²) in [5.41, 5.74) is 5.72. The van der Waals surface area contributed by atoms with Crippen LogP contribution in [0.25, 0.3) is 15.6 Å². The van der Waals surface area contributed by atoms with Gasteiger partial charge >= 0.3 is 0 Å². The number of aromatic nitrogens is 1. The molecule has 1 heterocycles. The molecule has 0 aliphatic heterocycles. The Balaban J connectivity index is 1.62. The topological polar surface area (TPSA) is 134 Å². The van der Waals surface area contributed by atoms with E-state index in [1.807, 2.05) is 30.3 Å². The number of benzene rings is 2. The Morgan fingerprint density at radius 3 is 2.22 bits per heavy atom. The van der Waals surface area contributed by atoms with Gasteiger partial charge in [0.05, 0.1) is 33.8 Å². The Morgan fingerprint density at radius 1 is 0.829 bits per heavy atom. The molecule has 0 spiro atoms. The molecule has 10 heteroatoms. The lowest BCUT2D eigenvalue weighted by molar-refractivity contribution is 0.831. The van der Waals surface area contributed by atoms with Crippen LogP contribution in [-0.2, 0) is 0 Å². The normalized spacial score (nSPS) is 10.9. The minimum absolute atomic E-state index is 0.0147. The lowest BCUT2D eigenvalue weighted by Crippen LogP contribution is -2.28. The molecule has 0 bridgehead atoms. The Kier molecular flexibility index (Phi) is 7.43. The number of hydrogen-bond donors (Lipinski definition) is 4. The van der Waals surface area contributed by atoms with Gasteiger partial charge in [0.25, 0.3) is 0 Å². The predicted molar refractivity (Wildman–Crippen MR) is 162 cm³/mol. The van der Waals surface area contributed by atoms with Gasteiger partial charge in [-0.2, -0.15) is 0 Å². The van der Waals surface area contributed by atoms with Gasteiger partial charge in [-0.05, 0) is 49.2 Å². The highest BCUT2D eigenvalue weighted by Gasteiger charge is 2.19. The van der Waals surface area contributed by atoms with Gasteiger partial charge in [-0.3, -0.25) is 24.6 Å². The van der Waals surface area contributed by atoms with Crippen LogP contribution in [0, 0.1) is 23.9 Å². The maximum absolute atomic E-state index is 13.5. The monoisotopic (exact) mass is 546 g/mol. The first-order valence-corrected chi connectivity index (χ1v) is 13.1. The Morgan fingerprint density at radius 2 is 1.54 bits per heavy atom. The van der Waals surface area contributed by atoms with Crippen molar-refractivity contribution < 1.29 is 0 Å². The molecule has 0 saturated heterocycles. The third-order valence-electron chi connectivity index (χ3n) is 6.83. The third-order valence-corrected chi connectivity index (χ3v) is 6.83. The number of unbranched alkanes of at least 4 members (excludes halogenated alkanes) is 1. The first-order chi connectivity index (χ1) is 19.8. The number of pyridine rings is 1. The van der Waals surface area contributed by atoms with Gasteiger partial charge in [0.2, 0.25) is 11.1 Å². The van der Waals surface area contributed by atoms with Crippen LogP contribution in [0.1, 0.15) is 25.3 Å². The molecule has 2 aromatic carbocycles. The Hall–Kier alpha value is -5.56. The van der Waals surface area contributed by atoms with Gasteiger partial charge in [0.15, 0.2) is 22.1 Å². The minimum atomic E-state index is -0.706. The second kappa shape index (κ2) is 11.3. The number of hydrazine groups is 1. The molecular weight excluding hydrogens is 520 g/mol. The summed E-state index contributed by atoms with van der Waals surface area (Å²) in [7, 11) is 0. The van der Waals surface area contributed by atoms with E-state index in [9.17, 15) is 19.2 Å². The summed E-state index contributed by atoms with van der Waals surface area (Å²) in [6.45, 7) is 12.3. The largest absolute Gasteiger partial charge is 0.368 e. The van der Waals surface area contributed by atoms with Crippen molar-refractivity contribution in [3.8, 4) is 0 Å². The van der Waals surface area contributed by atoms with E-state index in [-0.39, 0.29) is 16.5 Å². The van der Waals surface area contributed by atoms with E-state index in [2.05, 4.69) is 33.3 Å². The van der Waals surface area contributed by atoms with Gasteiger partial charge in [-0.15, -0.1) is 0 Å². The number of fused-ring (bicyclic) bond motifs is 1. The molecule has 0 fully saturated rings. The molecule has 0 radical (unpaired) electrons. The van der Waals surface area contributed by atoms with Gasteiger partial charge in [-0.1, -0.05) is 43.7 Å². The zero-order chi connectivity index (χ0) is 29.1. The molecule has 0 unspecified atom stereocenters. The van der Waals surface area contributed by atoms with Gasteiger partial charge in [0.1, 0.15) is 5.82 Å². The second-order valence-corrected chi connectivity index (χ2v) is 9.49. The van der Waals surface area contributed by atoms with Crippen molar-refractivity contribution in [2.75, 3.05) is 28.0 Å². The molecule has 5 rings (SSSR count). The molecule has 1 aromatic heterocycles. The maximum atomic E-state index is 13.5. The fraction of sp³-hybridized carbons (Fsp3) is 0.161. The van der Waals surface area contributed by atoms with Crippen molar-refractivity contribution in [1.29, 1.82) is 0 Å². The first-order valence-electron chi connectivity index (χ1n) is 13.1. The SMILES string of the molecule is [C-]#[N+]c1c(Nc2ccccc2)nc(NCCCC)c(NNc2cccc3c(=O)c4c(=O)ccc(=O)c=4c(=O)c23)c1C. The molecule has 2 aliphatic carbocycles. The van der Waals surface area contributed by atoms with Crippen LogP contribution in [0.5, 0.6) is 0 Å². The molecule has 10 nitrogen and oxygen atoms in total. The highest BCUT2D eigenvalue weighted by molar-refractivity contribution is 5.95. The van der Waals surface area contributed by atoms with E-state index < -0.39 is 32.2 Å². The van der Waals surface area contributed by atoms with Crippen LogP contribution in [0.4, 0.5) is 34.4 Å². The van der Waals surface area contributed by atoms with Crippen molar-refractivity contribution in [1.82, 2.24) is 4.98 Å².